The molecule has 1 saturated heterocycles. The lowest BCUT2D eigenvalue weighted by molar-refractivity contribution is -0.121. The number of carbonyl (C=O) groups is 3. The van der Waals surface area contributed by atoms with Gasteiger partial charge in [0, 0.05) is 17.9 Å². The van der Waals surface area contributed by atoms with Crippen LogP contribution in [-0.2, 0) is 9.53 Å². The normalized spacial score (nSPS) is 15.8. The maximum atomic E-state index is 12.2. The van der Waals surface area contributed by atoms with Gasteiger partial charge in [-0.2, -0.15) is 0 Å². The monoisotopic (exact) mass is 453 g/mol. The number of thiophene rings is 1. The van der Waals surface area contributed by atoms with E-state index in [1.54, 1.807) is 36.4 Å². The molecule has 3 N–H and O–H groups in total. The van der Waals surface area contributed by atoms with Gasteiger partial charge in [0.2, 0.25) is 0 Å². The third-order valence-electron chi connectivity index (χ3n) is 4.39. The fourth-order valence-corrected chi connectivity index (χ4v) is 3.92. The predicted molar refractivity (Wildman–Crippen MR) is 112 cm³/mol. The van der Waals surface area contributed by atoms with Crippen molar-refractivity contribution in [1.29, 1.82) is 0 Å². The highest BCUT2D eigenvalue weighted by atomic mass is 35.5. The van der Waals surface area contributed by atoms with Crippen LogP contribution in [0.4, 0.5) is 16.2 Å². The Morgan fingerprint density at radius 3 is 2.57 bits per heavy atom. The van der Waals surface area contributed by atoms with E-state index >= 15 is 0 Å². The molecular formula is C19H20ClN3O6S. The quantitative estimate of drug-likeness (QED) is 0.557. The molecule has 1 aliphatic rings. The summed E-state index contributed by atoms with van der Waals surface area (Å²) < 4.78 is 5.82. The predicted octanol–water partition coefficient (Wildman–Crippen LogP) is 1.47. The standard InChI is InChI=1S/C19H20ClN3O6S/c20-16-6-5-15(30-16)18(27)21-9-14-10-23(19(28)29-14)13-3-1-12(2-4-13)22(7-8-24)17(26)11-25/h1-6,14,24-25H,7-11H2,(H,21,27)/t14-/m0/s1. The number of amides is 3. The van der Waals surface area contributed by atoms with Crippen LogP contribution in [0.5, 0.6) is 0 Å². The van der Waals surface area contributed by atoms with E-state index in [4.69, 9.17) is 26.6 Å². The maximum Gasteiger partial charge on any atom is 0.414 e. The average Bonchev–Trinajstić information content (AvgIpc) is 3.35. The summed E-state index contributed by atoms with van der Waals surface area (Å²) in [6.45, 7) is -0.479. The Morgan fingerprint density at radius 2 is 1.97 bits per heavy atom. The van der Waals surface area contributed by atoms with Crippen LogP contribution in [0.1, 0.15) is 9.67 Å². The average molecular weight is 454 g/mol. The Labute approximate surface area is 181 Å². The molecule has 2 aromatic rings. The zero-order valence-electron chi connectivity index (χ0n) is 15.8. The zero-order chi connectivity index (χ0) is 21.7. The number of nitrogens with one attached hydrogen (secondary N) is 1. The van der Waals surface area contributed by atoms with Gasteiger partial charge in [-0.1, -0.05) is 11.6 Å². The van der Waals surface area contributed by atoms with Gasteiger partial charge in [0.15, 0.2) is 0 Å². The van der Waals surface area contributed by atoms with Crippen molar-refractivity contribution in [3.63, 3.8) is 0 Å². The number of hydrogen-bond donors (Lipinski definition) is 3. The summed E-state index contributed by atoms with van der Waals surface area (Å²) in [5, 5.41) is 20.9. The largest absolute Gasteiger partial charge is 0.442 e. The zero-order valence-corrected chi connectivity index (χ0v) is 17.4. The molecule has 11 heteroatoms. The van der Waals surface area contributed by atoms with E-state index in [-0.39, 0.29) is 32.1 Å². The highest BCUT2D eigenvalue weighted by Gasteiger charge is 2.32. The summed E-state index contributed by atoms with van der Waals surface area (Å²) in [5.41, 5.74) is 1.04. The van der Waals surface area contributed by atoms with Crippen molar-refractivity contribution < 1.29 is 29.3 Å². The maximum absolute atomic E-state index is 12.2. The molecule has 3 rings (SSSR count). The summed E-state index contributed by atoms with van der Waals surface area (Å²) in [6, 6.07) is 9.76. The lowest BCUT2D eigenvalue weighted by Gasteiger charge is -2.22. The van der Waals surface area contributed by atoms with Crippen LogP contribution in [-0.4, -0.2) is 67.1 Å². The molecule has 1 fully saturated rings. The van der Waals surface area contributed by atoms with Crippen molar-refractivity contribution >= 4 is 52.2 Å². The van der Waals surface area contributed by atoms with E-state index in [9.17, 15) is 14.4 Å². The van der Waals surface area contributed by atoms with E-state index in [0.29, 0.717) is 20.6 Å². The van der Waals surface area contributed by atoms with E-state index in [1.165, 1.54) is 9.80 Å². The molecule has 1 aromatic heterocycles. The second kappa shape index (κ2) is 9.90. The van der Waals surface area contributed by atoms with Crippen LogP contribution in [0.3, 0.4) is 0 Å². The van der Waals surface area contributed by atoms with Crippen LogP contribution < -0.4 is 15.1 Å². The molecule has 1 aliphatic heterocycles. The van der Waals surface area contributed by atoms with Gasteiger partial charge in [-0.05, 0) is 36.4 Å². The first kappa shape index (κ1) is 22.0. The van der Waals surface area contributed by atoms with Crippen molar-refractivity contribution in [2.75, 3.05) is 42.6 Å². The molecule has 0 spiro atoms. The molecule has 30 heavy (non-hydrogen) atoms. The minimum atomic E-state index is -0.675. The summed E-state index contributed by atoms with van der Waals surface area (Å²) in [6.07, 6.45) is -1.06. The van der Waals surface area contributed by atoms with Crippen molar-refractivity contribution in [3.8, 4) is 0 Å². The fourth-order valence-electron chi connectivity index (χ4n) is 2.96. The van der Waals surface area contributed by atoms with Gasteiger partial charge in [-0.15, -0.1) is 11.3 Å². The van der Waals surface area contributed by atoms with Crippen LogP contribution in [0.2, 0.25) is 4.34 Å². The molecule has 0 radical (unpaired) electrons. The van der Waals surface area contributed by atoms with Gasteiger partial charge in [0.25, 0.3) is 11.8 Å². The molecular weight excluding hydrogens is 434 g/mol. The number of nitrogens with zero attached hydrogens (tertiary/aromatic N) is 2. The van der Waals surface area contributed by atoms with E-state index < -0.39 is 24.7 Å². The second-order valence-electron chi connectivity index (χ2n) is 6.37. The van der Waals surface area contributed by atoms with Crippen molar-refractivity contribution in [2.45, 2.75) is 6.10 Å². The number of anilines is 2. The highest BCUT2D eigenvalue weighted by molar-refractivity contribution is 7.18. The molecule has 1 aromatic carbocycles. The van der Waals surface area contributed by atoms with Crippen LogP contribution in [0.25, 0.3) is 0 Å². The molecule has 0 unspecified atom stereocenters. The van der Waals surface area contributed by atoms with Gasteiger partial charge >= 0.3 is 6.09 Å². The van der Waals surface area contributed by atoms with Gasteiger partial charge in [-0.25, -0.2) is 4.79 Å². The summed E-state index contributed by atoms with van der Waals surface area (Å²) in [5.74, 6) is -0.830. The highest BCUT2D eigenvalue weighted by Crippen LogP contribution is 2.25. The molecule has 0 aliphatic carbocycles. The van der Waals surface area contributed by atoms with E-state index in [0.717, 1.165) is 11.3 Å². The number of rotatable bonds is 8. The molecule has 0 bridgehead atoms. The Kier molecular flexibility index (Phi) is 7.27. The van der Waals surface area contributed by atoms with Gasteiger partial charge in [0.1, 0.15) is 12.7 Å². The lowest BCUT2D eigenvalue weighted by Crippen LogP contribution is -2.35. The summed E-state index contributed by atoms with van der Waals surface area (Å²) >= 11 is 6.99. The Morgan fingerprint density at radius 1 is 1.23 bits per heavy atom. The first-order chi connectivity index (χ1) is 14.4. The summed E-state index contributed by atoms with van der Waals surface area (Å²) in [4.78, 5) is 39.3. The molecule has 1 atom stereocenters. The Bertz CT molecular complexity index is 919. The number of benzene rings is 1. The third kappa shape index (κ3) is 5.08. The molecule has 2 heterocycles. The first-order valence-corrected chi connectivity index (χ1v) is 10.3. The van der Waals surface area contributed by atoms with Gasteiger partial charge < -0.3 is 25.2 Å². The third-order valence-corrected chi connectivity index (χ3v) is 5.62. The minimum absolute atomic E-state index is 0.0434. The van der Waals surface area contributed by atoms with Gasteiger partial charge in [0.05, 0.1) is 28.9 Å². The van der Waals surface area contributed by atoms with E-state index in [1.807, 2.05) is 0 Å². The Hall–Kier alpha value is -2.66. The number of halogens is 1. The minimum Gasteiger partial charge on any atom is -0.442 e. The number of ether oxygens (including phenoxy) is 1. The first-order valence-electron chi connectivity index (χ1n) is 9.06. The molecule has 160 valence electrons. The number of carbonyl (C=O) groups excluding carboxylic acids is 3. The topological polar surface area (TPSA) is 119 Å². The lowest BCUT2D eigenvalue weighted by atomic mass is 10.2. The van der Waals surface area contributed by atoms with E-state index in [2.05, 4.69) is 5.32 Å². The van der Waals surface area contributed by atoms with Crippen molar-refractivity contribution in [1.82, 2.24) is 5.32 Å². The summed E-state index contributed by atoms with van der Waals surface area (Å²) in [7, 11) is 0. The smallest absolute Gasteiger partial charge is 0.414 e. The number of aliphatic hydroxyl groups excluding tert-OH is 2. The second-order valence-corrected chi connectivity index (χ2v) is 8.09. The molecule has 0 saturated carbocycles. The van der Waals surface area contributed by atoms with Gasteiger partial charge in [-0.3, -0.25) is 14.5 Å². The van der Waals surface area contributed by atoms with Crippen LogP contribution >= 0.6 is 22.9 Å². The van der Waals surface area contributed by atoms with Crippen LogP contribution in [0, 0.1) is 0 Å². The molecule has 9 nitrogen and oxygen atoms in total. The molecule has 3 amide bonds. The van der Waals surface area contributed by atoms with Crippen molar-refractivity contribution in [3.05, 3.63) is 45.6 Å². The number of cyclic esters (lactones) is 1. The number of hydrogen-bond acceptors (Lipinski definition) is 7. The van der Waals surface area contributed by atoms with Crippen LogP contribution in [0.15, 0.2) is 36.4 Å². The fraction of sp³-hybridized carbons (Fsp3) is 0.316. The Balaban J connectivity index is 1.60. The number of aliphatic hydroxyl groups is 2. The SMILES string of the molecule is O=C(NC[C@H]1CN(c2ccc(N(CCO)C(=O)CO)cc2)C(=O)O1)c1ccc(Cl)s1. The van der Waals surface area contributed by atoms with Crippen molar-refractivity contribution in [2.24, 2.45) is 0 Å².